The predicted molar refractivity (Wildman–Crippen MR) is 99.8 cm³/mol. The zero-order valence-corrected chi connectivity index (χ0v) is 15.0. The van der Waals surface area contributed by atoms with Gasteiger partial charge in [-0.25, -0.2) is 9.78 Å². The third-order valence-corrected chi connectivity index (χ3v) is 4.03. The van der Waals surface area contributed by atoms with Crippen LogP contribution >= 0.6 is 11.6 Å². The van der Waals surface area contributed by atoms with Crippen LogP contribution in [0.4, 0.5) is 16.3 Å². The number of carbonyl (C=O) groups excluding carboxylic acids is 1. The Labute approximate surface area is 148 Å². The van der Waals surface area contributed by atoms with Crippen LogP contribution in [0.2, 0.25) is 5.02 Å². The number of amides is 2. The molecule has 0 bridgehead atoms. The molecule has 0 aliphatic carbocycles. The van der Waals surface area contributed by atoms with Crippen molar-refractivity contribution in [1.29, 1.82) is 0 Å². The SMILES string of the molecule is CCN(CC)c1cc(CNC(=O)Nc2cc(Cl)ccc2C)ccn1. The standard InChI is InChI=1S/C18H23ClN4O/c1-4-23(5-2)17-10-14(8-9-20-17)12-21-18(24)22-16-11-15(19)7-6-13(16)3/h6-11H,4-5,12H2,1-3H3,(H2,21,22,24). The molecule has 1 aromatic heterocycles. The van der Waals surface area contributed by atoms with Gasteiger partial charge in [-0.2, -0.15) is 0 Å². The largest absolute Gasteiger partial charge is 0.357 e. The summed E-state index contributed by atoms with van der Waals surface area (Å²) in [6, 6.07) is 9.04. The molecule has 1 aromatic carbocycles. The maximum atomic E-state index is 12.1. The van der Waals surface area contributed by atoms with Crippen LogP contribution in [0.25, 0.3) is 0 Å². The molecule has 2 amide bonds. The van der Waals surface area contributed by atoms with E-state index in [9.17, 15) is 4.79 Å². The van der Waals surface area contributed by atoms with E-state index in [0.29, 0.717) is 17.3 Å². The quantitative estimate of drug-likeness (QED) is 0.823. The third kappa shape index (κ3) is 4.86. The van der Waals surface area contributed by atoms with E-state index in [1.807, 2.05) is 25.1 Å². The second kappa shape index (κ2) is 8.55. The molecule has 6 heteroatoms. The van der Waals surface area contributed by atoms with E-state index in [1.165, 1.54) is 0 Å². The van der Waals surface area contributed by atoms with Crippen molar-refractivity contribution >= 4 is 29.1 Å². The van der Waals surface area contributed by atoms with Gasteiger partial charge < -0.3 is 15.5 Å². The van der Waals surface area contributed by atoms with Crippen molar-refractivity contribution in [2.75, 3.05) is 23.3 Å². The Morgan fingerprint density at radius 1 is 1.21 bits per heavy atom. The van der Waals surface area contributed by atoms with Crippen molar-refractivity contribution < 1.29 is 4.79 Å². The van der Waals surface area contributed by atoms with E-state index in [4.69, 9.17) is 11.6 Å². The van der Waals surface area contributed by atoms with E-state index >= 15 is 0 Å². The number of halogens is 1. The molecule has 5 nitrogen and oxygen atoms in total. The van der Waals surface area contributed by atoms with Gasteiger partial charge in [-0.15, -0.1) is 0 Å². The van der Waals surface area contributed by atoms with Gasteiger partial charge >= 0.3 is 6.03 Å². The van der Waals surface area contributed by atoms with E-state index in [-0.39, 0.29) is 6.03 Å². The number of pyridine rings is 1. The third-order valence-electron chi connectivity index (χ3n) is 3.80. The topological polar surface area (TPSA) is 57.3 Å². The average molecular weight is 347 g/mol. The number of nitrogens with zero attached hydrogens (tertiary/aromatic N) is 2. The second-order valence-corrected chi connectivity index (χ2v) is 5.90. The molecule has 0 radical (unpaired) electrons. The zero-order chi connectivity index (χ0) is 17.5. The van der Waals surface area contributed by atoms with Crippen molar-refractivity contribution in [2.24, 2.45) is 0 Å². The number of carbonyl (C=O) groups is 1. The minimum Gasteiger partial charge on any atom is -0.357 e. The molecule has 0 aliphatic rings. The fourth-order valence-electron chi connectivity index (χ4n) is 2.37. The van der Waals surface area contributed by atoms with Crippen molar-refractivity contribution in [2.45, 2.75) is 27.3 Å². The lowest BCUT2D eigenvalue weighted by molar-refractivity contribution is 0.251. The number of anilines is 2. The highest BCUT2D eigenvalue weighted by molar-refractivity contribution is 6.31. The molecule has 0 saturated heterocycles. The Hall–Kier alpha value is -2.27. The summed E-state index contributed by atoms with van der Waals surface area (Å²) in [5.41, 5.74) is 2.67. The monoisotopic (exact) mass is 346 g/mol. The Morgan fingerprint density at radius 2 is 1.96 bits per heavy atom. The van der Waals surface area contributed by atoms with Crippen LogP contribution in [0, 0.1) is 6.92 Å². The van der Waals surface area contributed by atoms with E-state index in [2.05, 4.69) is 34.4 Å². The highest BCUT2D eigenvalue weighted by Gasteiger charge is 2.07. The first kappa shape index (κ1) is 18.1. The number of hydrogen-bond donors (Lipinski definition) is 2. The van der Waals surface area contributed by atoms with Gasteiger partial charge in [-0.1, -0.05) is 17.7 Å². The fraction of sp³-hybridized carbons (Fsp3) is 0.333. The molecular formula is C18H23ClN4O. The molecule has 0 atom stereocenters. The summed E-state index contributed by atoms with van der Waals surface area (Å²) in [6.45, 7) is 8.34. The Morgan fingerprint density at radius 3 is 2.67 bits per heavy atom. The minimum absolute atomic E-state index is 0.262. The lowest BCUT2D eigenvalue weighted by Crippen LogP contribution is -2.29. The minimum atomic E-state index is -0.262. The maximum absolute atomic E-state index is 12.1. The number of aryl methyl sites for hydroxylation is 1. The molecule has 24 heavy (non-hydrogen) atoms. The van der Waals surface area contributed by atoms with Gasteiger partial charge in [0, 0.05) is 36.5 Å². The molecule has 2 rings (SSSR count). The van der Waals surface area contributed by atoms with Gasteiger partial charge in [0.15, 0.2) is 0 Å². The number of rotatable bonds is 6. The number of hydrogen-bond acceptors (Lipinski definition) is 3. The zero-order valence-electron chi connectivity index (χ0n) is 14.3. The highest BCUT2D eigenvalue weighted by atomic mass is 35.5. The van der Waals surface area contributed by atoms with E-state index < -0.39 is 0 Å². The summed E-state index contributed by atoms with van der Waals surface area (Å²) < 4.78 is 0. The van der Waals surface area contributed by atoms with Gasteiger partial charge in [0.2, 0.25) is 0 Å². The molecule has 0 saturated carbocycles. The summed E-state index contributed by atoms with van der Waals surface area (Å²) in [5, 5.41) is 6.27. The van der Waals surface area contributed by atoms with Gasteiger partial charge in [0.25, 0.3) is 0 Å². The summed E-state index contributed by atoms with van der Waals surface area (Å²) in [5.74, 6) is 0.922. The van der Waals surface area contributed by atoms with Crippen LogP contribution in [0.1, 0.15) is 25.0 Å². The summed E-state index contributed by atoms with van der Waals surface area (Å²) in [6.07, 6.45) is 1.77. The Kier molecular flexibility index (Phi) is 6.44. The van der Waals surface area contributed by atoms with E-state index in [1.54, 1.807) is 18.3 Å². The van der Waals surface area contributed by atoms with Crippen molar-refractivity contribution in [1.82, 2.24) is 10.3 Å². The molecule has 128 valence electrons. The van der Waals surface area contributed by atoms with Crippen LogP contribution in [0.5, 0.6) is 0 Å². The van der Waals surface area contributed by atoms with Crippen molar-refractivity contribution in [3.63, 3.8) is 0 Å². The summed E-state index contributed by atoms with van der Waals surface area (Å²) >= 11 is 5.96. The Balaban J connectivity index is 1.96. The Bertz CT molecular complexity index is 701. The van der Waals surface area contributed by atoms with E-state index in [0.717, 1.165) is 30.0 Å². The number of benzene rings is 1. The maximum Gasteiger partial charge on any atom is 0.319 e. The van der Waals surface area contributed by atoms with Gasteiger partial charge in [-0.05, 0) is 56.2 Å². The molecular weight excluding hydrogens is 324 g/mol. The van der Waals surface area contributed by atoms with Crippen LogP contribution in [-0.4, -0.2) is 24.1 Å². The molecule has 1 heterocycles. The van der Waals surface area contributed by atoms with Crippen molar-refractivity contribution in [3.8, 4) is 0 Å². The number of nitrogens with one attached hydrogen (secondary N) is 2. The molecule has 2 aromatic rings. The van der Waals surface area contributed by atoms with Crippen LogP contribution in [0.3, 0.4) is 0 Å². The summed E-state index contributed by atoms with van der Waals surface area (Å²) in [7, 11) is 0. The van der Waals surface area contributed by atoms with Crippen LogP contribution in [0.15, 0.2) is 36.5 Å². The van der Waals surface area contributed by atoms with Crippen LogP contribution in [-0.2, 0) is 6.54 Å². The van der Waals surface area contributed by atoms with Crippen LogP contribution < -0.4 is 15.5 Å². The first-order valence-electron chi connectivity index (χ1n) is 8.04. The fourth-order valence-corrected chi connectivity index (χ4v) is 2.54. The second-order valence-electron chi connectivity index (χ2n) is 5.46. The molecule has 0 fully saturated rings. The highest BCUT2D eigenvalue weighted by Crippen LogP contribution is 2.20. The predicted octanol–water partition coefficient (Wildman–Crippen LogP) is 4.21. The van der Waals surface area contributed by atoms with Crippen molar-refractivity contribution in [3.05, 3.63) is 52.7 Å². The van der Waals surface area contributed by atoms with Gasteiger partial charge in [-0.3, -0.25) is 0 Å². The number of aromatic nitrogens is 1. The summed E-state index contributed by atoms with van der Waals surface area (Å²) in [4.78, 5) is 18.6. The average Bonchev–Trinajstić information content (AvgIpc) is 2.58. The smallest absolute Gasteiger partial charge is 0.319 e. The molecule has 0 spiro atoms. The normalized spacial score (nSPS) is 10.3. The first-order valence-corrected chi connectivity index (χ1v) is 8.42. The lowest BCUT2D eigenvalue weighted by Gasteiger charge is -2.20. The molecule has 0 unspecified atom stereocenters. The molecule has 0 aliphatic heterocycles. The molecule has 2 N–H and O–H groups in total. The lowest BCUT2D eigenvalue weighted by atomic mass is 10.2. The number of urea groups is 1. The van der Waals surface area contributed by atoms with Gasteiger partial charge in [0.05, 0.1) is 0 Å². The van der Waals surface area contributed by atoms with Gasteiger partial charge in [0.1, 0.15) is 5.82 Å². The first-order chi connectivity index (χ1) is 11.5.